The first-order valence-electron chi connectivity index (χ1n) is 7.85. The van der Waals surface area contributed by atoms with Crippen LogP contribution in [-0.4, -0.2) is 41.9 Å². The minimum Gasteiger partial charge on any atom is -0.497 e. The lowest BCUT2D eigenvalue weighted by Crippen LogP contribution is -2.36. The van der Waals surface area contributed by atoms with E-state index in [1.807, 2.05) is 19.2 Å². The van der Waals surface area contributed by atoms with Gasteiger partial charge in [-0.05, 0) is 32.1 Å². The molecular weight excluding hydrogens is 338 g/mol. The predicted molar refractivity (Wildman–Crippen MR) is 99.8 cm³/mol. The van der Waals surface area contributed by atoms with Crippen LogP contribution in [0.2, 0.25) is 0 Å². The third-order valence-corrected chi connectivity index (χ3v) is 4.21. The van der Waals surface area contributed by atoms with Crippen molar-refractivity contribution < 1.29 is 14.3 Å². The molecule has 0 aliphatic carbocycles. The number of thiazole rings is 1. The molecule has 0 atom stereocenters. The van der Waals surface area contributed by atoms with E-state index >= 15 is 0 Å². The van der Waals surface area contributed by atoms with E-state index in [2.05, 4.69) is 10.3 Å². The third-order valence-electron chi connectivity index (χ3n) is 3.41. The van der Waals surface area contributed by atoms with Crippen LogP contribution in [0.1, 0.15) is 17.6 Å². The van der Waals surface area contributed by atoms with Crippen molar-refractivity contribution in [3.63, 3.8) is 0 Å². The number of nitrogens with one attached hydrogen (secondary N) is 1. The molecule has 7 heteroatoms. The standard InChI is InChI=1S/C18H21N3O3S/c1-4-21(18(23)9-8-15-12-25-13(2)19-15)11-17(22)20-14-6-5-7-16(10-14)24-3/h5-10,12H,4,11H2,1-3H3,(H,20,22)/b9-8+. The maximum atomic E-state index is 12.3. The number of methoxy groups -OCH3 is 1. The molecule has 25 heavy (non-hydrogen) atoms. The molecule has 0 radical (unpaired) electrons. The minimum absolute atomic E-state index is 0.0209. The maximum Gasteiger partial charge on any atom is 0.247 e. The quantitative estimate of drug-likeness (QED) is 0.772. The number of carbonyl (C=O) groups is 2. The topological polar surface area (TPSA) is 71.5 Å². The van der Waals surface area contributed by atoms with Crippen molar-refractivity contribution in [3.05, 3.63) is 46.4 Å². The van der Waals surface area contributed by atoms with E-state index in [1.165, 1.54) is 22.3 Å². The highest BCUT2D eigenvalue weighted by atomic mass is 32.1. The van der Waals surface area contributed by atoms with E-state index in [9.17, 15) is 9.59 Å². The molecule has 1 N–H and O–H groups in total. The van der Waals surface area contributed by atoms with Gasteiger partial charge in [0.1, 0.15) is 12.3 Å². The van der Waals surface area contributed by atoms with Crippen molar-refractivity contribution in [2.75, 3.05) is 25.5 Å². The fraction of sp³-hybridized carbons (Fsp3) is 0.278. The van der Waals surface area contributed by atoms with Gasteiger partial charge in [-0.2, -0.15) is 0 Å². The second-order valence-electron chi connectivity index (χ2n) is 5.26. The Labute approximate surface area is 151 Å². The Morgan fingerprint density at radius 2 is 2.20 bits per heavy atom. The molecular formula is C18H21N3O3S. The van der Waals surface area contributed by atoms with Gasteiger partial charge < -0.3 is 15.0 Å². The van der Waals surface area contributed by atoms with Gasteiger partial charge in [-0.1, -0.05) is 6.07 Å². The van der Waals surface area contributed by atoms with Crippen LogP contribution in [-0.2, 0) is 9.59 Å². The van der Waals surface area contributed by atoms with Crippen LogP contribution in [0.15, 0.2) is 35.7 Å². The average molecular weight is 359 g/mol. The van der Waals surface area contributed by atoms with Gasteiger partial charge in [-0.15, -0.1) is 11.3 Å². The first kappa shape index (κ1) is 18.7. The summed E-state index contributed by atoms with van der Waals surface area (Å²) >= 11 is 1.52. The Morgan fingerprint density at radius 3 is 2.84 bits per heavy atom. The first-order chi connectivity index (χ1) is 12.0. The number of hydrogen-bond acceptors (Lipinski definition) is 5. The predicted octanol–water partition coefficient (Wildman–Crippen LogP) is 2.96. The number of nitrogens with zero attached hydrogens (tertiary/aromatic N) is 2. The summed E-state index contributed by atoms with van der Waals surface area (Å²) in [6.07, 6.45) is 3.10. The minimum atomic E-state index is -0.263. The zero-order valence-electron chi connectivity index (χ0n) is 14.5. The lowest BCUT2D eigenvalue weighted by molar-refractivity contribution is -0.130. The average Bonchev–Trinajstić information content (AvgIpc) is 3.03. The molecule has 2 rings (SSSR count). The van der Waals surface area contributed by atoms with Gasteiger partial charge in [0.05, 0.1) is 17.8 Å². The summed E-state index contributed by atoms with van der Waals surface area (Å²) in [7, 11) is 1.56. The van der Waals surface area contributed by atoms with E-state index < -0.39 is 0 Å². The summed E-state index contributed by atoms with van der Waals surface area (Å²) in [5, 5.41) is 5.59. The van der Waals surface area contributed by atoms with E-state index in [4.69, 9.17) is 4.74 Å². The summed E-state index contributed by atoms with van der Waals surface area (Å²) < 4.78 is 5.12. The molecule has 0 spiro atoms. The molecule has 0 aliphatic heterocycles. The van der Waals surface area contributed by atoms with Crippen molar-refractivity contribution in [3.8, 4) is 5.75 Å². The summed E-state index contributed by atoms with van der Waals surface area (Å²) in [5.74, 6) is 0.165. The lowest BCUT2D eigenvalue weighted by atomic mass is 10.3. The number of ether oxygens (including phenoxy) is 1. The molecule has 1 heterocycles. The lowest BCUT2D eigenvalue weighted by Gasteiger charge is -2.18. The highest BCUT2D eigenvalue weighted by molar-refractivity contribution is 7.09. The molecule has 132 valence electrons. The number of aromatic nitrogens is 1. The van der Waals surface area contributed by atoms with Crippen LogP contribution in [0.4, 0.5) is 5.69 Å². The summed E-state index contributed by atoms with van der Waals surface area (Å²) in [6, 6.07) is 7.07. The molecule has 0 bridgehead atoms. The fourth-order valence-electron chi connectivity index (χ4n) is 2.14. The molecule has 2 amide bonds. The van der Waals surface area contributed by atoms with E-state index in [0.717, 1.165) is 10.7 Å². The monoisotopic (exact) mass is 359 g/mol. The molecule has 6 nitrogen and oxygen atoms in total. The van der Waals surface area contributed by atoms with E-state index in [-0.39, 0.29) is 18.4 Å². The molecule has 0 saturated carbocycles. The van der Waals surface area contributed by atoms with E-state index in [1.54, 1.807) is 37.5 Å². The van der Waals surface area contributed by atoms with Crippen LogP contribution in [0, 0.1) is 6.92 Å². The Morgan fingerprint density at radius 1 is 1.40 bits per heavy atom. The highest BCUT2D eigenvalue weighted by Crippen LogP contribution is 2.16. The van der Waals surface area contributed by atoms with Gasteiger partial charge in [-0.25, -0.2) is 4.98 Å². The van der Waals surface area contributed by atoms with Crippen LogP contribution >= 0.6 is 11.3 Å². The fourth-order valence-corrected chi connectivity index (χ4v) is 2.72. The Kier molecular flexibility index (Phi) is 6.71. The number of anilines is 1. The number of hydrogen-bond donors (Lipinski definition) is 1. The normalized spacial score (nSPS) is 10.7. The molecule has 0 saturated heterocycles. The Hall–Kier alpha value is -2.67. The number of rotatable bonds is 7. The smallest absolute Gasteiger partial charge is 0.247 e. The van der Waals surface area contributed by atoms with Gasteiger partial charge in [-0.3, -0.25) is 9.59 Å². The number of amides is 2. The summed E-state index contributed by atoms with van der Waals surface area (Å²) in [5.41, 5.74) is 1.37. The van der Waals surface area contributed by atoms with Crippen LogP contribution in [0.25, 0.3) is 6.08 Å². The first-order valence-corrected chi connectivity index (χ1v) is 8.72. The molecule has 0 unspecified atom stereocenters. The molecule has 0 aliphatic rings. The second-order valence-corrected chi connectivity index (χ2v) is 6.32. The highest BCUT2D eigenvalue weighted by Gasteiger charge is 2.13. The van der Waals surface area contributed by atoms with Crippen molar-refractivity contribution in [2.45, 2.75) is 13.8 Å². The van der Waals surface area contributed by atoms with Gasteiger partial charge in [0.2, 0.25) is 11.8 Å². The summed E-state index contributed by atoms with van der Waals surface area (Å²) in [4.78, 5) is 30.2. The molecule has 1 aromatic heterocycles. The maximum absolute atomic E-state index is 12.3. The van der Waals surface area contributed by atoms with Gasteiger partial charge in [0, 0.05) is 29.8 Å². The number of aryl methyl sites for hydroxylation is 1. The van der Waals surface area contributed by atoms with Crippen molar-refractivity contribution in [1.29, 1.82) is 0 Å². The van der Waals surface area contributed by atoms with Crippen LogP contribution in [0.5, 0.6) is 5.75 Å². The Bertz CT molecular complexity index is 770. The number of benzene rings is 1. The van der Waals surface area contributed by atoms with Crippen molar-refractivity contribution in [1.82, 2.24) is 9.88 Å². The molecule has 2 aromatic rings. The summed E-state index contributed by atoms with van der Waals surface area (Å²) in [6.45, 7) is 4.15. The zero-order chi connectivity index (χ0) is 18.2. The van der Waals surface area contributed by atoms with Gasteiger partial charge in [0.15, 0.2) is 0 Å². The van der Waals surface area contributed by atoms with Crippen LogP contribution < -0.4 is 10.1 Å². The second kappa shape index (κ2) is 8.98. The van der Waals surface area contributed by atoms with E-state index in [0.29, 0.717) is 18.0 Å². The number of likely N-dealkylation sites (N-methyl/N-ethyl adjacent to an activating group) is 1. The van der Waals surface area contributed by atoms with Crippen molar-refractivity contribution in [2.24, 2.45) is 0 Å². The van der Waals surface area contributed by atoms with Gasteiger partial charge >= 0.3 is 0 Å². The largest absolute Gasteiger partial charge is 0.497 e. The molecule has 0 fully saturated rings. The van der Waals surface area contributed by atoms with Gasteiger partial charge in [0.25, 0.3) is 0 Å². The van der Waals surface area contributed by atoms with Crippen molar-refractivity contribution >= 4 is 34.9 Å². The Balaban J connectivity index is 1.94. The SMILES string of the molecule is CCN(CC(=O)Nc1cccc(OC)c1)C(=O)/C=C/c1csc(C)n1. The zero-order valence-corrected chi connectivity index (χ0v) is 15.3. The van der Waals surface area contributed by atoms with Crippen LogP contribution in [0.3, 0.4) is 0 Å². The number of carbonyl (C=O) groups excluding carboxylic acids is 2. The molecule has 1 aromatic carbocycles. The third kappa shape index (κ3) is 5.72.